The lowest BCUT2D eigenvalue weighted by Crippen LogP contribution is -2.28. The van der Waals surface area contributed by atoms with E-state index in [1.165, 1.54) is 24.3 Å². The molecule has 0 aromatic heterocycles. The number of hydrogen-bond donors (Lipinski definition) is 2. The van der Waals surface area contributed by atoms with Crippen molar-refractivity contribution in [1.29, 1.82) is 0 Å². The molecule has 1 aliphatic heterocycles. The second-order valence-corrected chi connectivity index (χ2v) is 8.80. The first-order chi connectivity index (χ1) is 17.5. The number of carboxylic acids is 1. The van der Waals surface area contributed by atoms with Crippen LogP contribution in [-0.4, -0.2) is 41.5 Å². The van der Waals surface area contributed by atoms with Crippen LogP contribution >= 0.6 is 11.6 Å². The third-order valence-corrected chi connectivity index (χ3v) is 6.40. The minimum atomic E-state index is -4.67. The predicted octanol–water partition coefficient (Wildman–Crippen LogP) is 6.06. The van der Waals surface area contributed by atoms with E-state index in [1.807, 2.05) is 0 Å². The van der Waals surface area contributed by atoms with Gasteiger partial charge >= 0.3 is 12.1 Å². The monoisotopic (exact) mass is 537 g/mol. The summed E-state index contributed by atoms with van der Waals surface area (Å²) in [5.74, 6) is -2.91. The van der Waals surface area contributed by atoms with Gasteiger partial charge in [0, 0.05) is 10.8 Å². The lowest BCUT2D eigenvalue weighted by Gasteiger charge is -2.23. The number of carboxylic acid groups (broad SMARTS) is 1. The van der Waals surface area contributed by atoms with E-state index >= 15 is 0 Å². The van der Waals surface area contributed by atoms with Crippen LogP contribution in [0.2, 0.25) is 5.02 Å². The normalized spacial score (nSPS) is 16.1. The first-order valence-electron chi connectivity index (χ1n) is 11.4. The number of carbonyl (C=O) groups excluding carboxylic acids is 1. The van der Waals surface area contributed by atoms with Gasteiger partial charge in [-0.3, -0.25) is 14.5 Å². The van der Waals surface area contributed by atoms with Crippen LogP contribution in [0.15, 0.2) is 42.5 Å². The average Bonchev–Trinajstić information content (AvgIpc) is 3.08. The van der Waals surface area contributed by atoms with E-state index in [9.17, 15) is 33.0 Å². The van der Waals surface area contributed by atoms with Crippen LogP contribution in [-0.2, 0) is 4.79 Å². The zero-order chi connectivity index (χ0) is 27.1. The first kappa shape index (κ1) is 26.6. The van der Waals surface area contributed by atoms with Gasteiger partial charge in [-0.25, -0.2) is 0 Å². The summed E-state index contributed by atoms with van der Waals surface area (Å²) in [6.07, 6.45) is -6.04. The van der Waals surface area contributed by atoms with Crippen LogP contribution < -0.4 is 14.4 Å². The predicted molar refractivity (Wildman–Crippen MR) is 131 cm³/mol. The number of rotatable bonds is 8. The number of alkyl halides is 3. The molecule has 2 N–H and O–H groups in total. The molecule has 11 heteroatoms. The molecule has 7 nitrogen and oxygen atoms in total. The molecule has 0 aliphatic carbocycles. The Morgan fingerprint density at radius 3 is 2.30 bits per heavy atom. The molecule has 0 saturated heterocycles. The Kier molecular flexibility index (Phi) is 7.25. The van der Waals surface area contributed by atoms with Crippen molar-refractivity contribution in [3.05, 3.63) is 64.2 Å². The SMILES string of the molecule is CCOc1c2c(c(OCC(F)(F)F)c3ccccc13)C(=O)N(c1ccc(C(CC)C(=O)O)cc1Cl)C2O. The third-order valence-electron chi connectivity index (χ3n) is 6.10. The van der Waals surface area contributed by atoms with E-state index in [0.717, 1.165) is 4.90 Å². The van der Waals surface area contributed by atoms with Crippen molar-refractivity contribution >= 4 is 39.9 Å². The van der Waals surface area contributed by atoms with Crippen molar-refractivity contribution < 1.29 is 42.4 Å². The van der Waals surface area contributed by atoms with Gasteiger partial charge in [0.05, 0.1) is 34.4 Å². The lowest BCUT2D eigenvalue weighted by molar-refractivity contribution is -0.153. The molecular weight excluding hydrogens is 515 g/mol. The standard InChI is InChI=1S/C26H23ClF3NO6/c1-3-14(25(34)35)13-9-10-18(17(27)11-13)31-23(32)19-20(24(31)33)22(37-12-26(28,29)30)16-8-6-5-7-15(16)21(19)36-4-2/h5-11,14,23,32H,3-4,12H2,1-2H3,(H,34,35). The molecular formula is C26H23ClF3NO6. The quantitative estimate of drug-likeness (QED) is 0.362. The van der Waals surface area contributed by atoms with Gasteiger partial charge in [0.1, 0.15) is 11.5 Å². The lowest BCUT2D eigenvalue weighted by atomic mass is 9.96. The topological polar surface area (TPSA) is 96.3 Å². The third kappa shape index (κ3) is 4.78. The molecule has 4 rings (SSSR count). The number of aliphatic carboxylic acids is 1. The van der Waals surface area contributed by atoms with Crippen LogP contribution in [0.3, 0.4) is 0 Å². The molecule has 1 amide bonds. The highest BCUT2D eigenvalue weighted by atomic mass is 35.5. The molecule has 2 atom stereocenters. The number of hydrogen-bond acceptors (Lipinski definition) is 5. The number of anilines is 1. The van der Waals surface area contributed by atoms with Crippen LogP contribution in [0.1, 0.15) is 53.9 Å². The Morgan fingerprint density at radius 2 is 1.76 bits per heavy atom. The molecule has 1 aliphatic rings. The Labute approximate surface area is 215 Å². The van der Waals surface area contributed by atoms with Crippen LogP contribution in [0.5, 0.6) is 11.5 Å². The van der Waals surface area contributed by atoms with Crippen molar-refractivity contribution in [3.8, 4) is 11.5 Å². The molecule has 0 bridgehead atoms. The van der Waals surface area contributed by atoms with Gasteiger partial charge in [-0.1, -0.05) is 48.9 Å². The maximum atomic E-state index is 13.7. The summed E-state index contributed by atoms with van der Waals surface area (Å²) in [6.45, 7) is 1.90. The zero-order valence-corrected chi connectivity index (χ0v) is 20.6. The first-order valence-corrected chi connectivity index (χ1v) is 11.8. The van der Waals surface area contributed by atoms with Crippen molar-refractivity contribution in [2.45, 2.75) is 38.6 Å². The van der Waals surface area contributed by atoms with Gasteiger partial charge < -0.3 is 19.7 Å². The Hall–Kier alpha value is -3.50. The van der Waals surface area contributed by atoms with Crippen molar-refractivity contribution in [2.75, 3.05) is 18.1 Å². The summed E-state index contributed by atoms with van der Waals surface area (Å²) in [5.41, 5.74) is 0.140. The van der Waals surface area contributed by atoms with Crippen LogP contribution in [0, 0.1) is 0 Å². The number of aliphatic hydroxyl groups excluding tert-OH is 1. The summed E-state index contributed by atoms with van der Waals surface area (Å²) in [4.78, 5) is 26.2. The van der Waals surface area contributed by atoms with Crippen molar-refractivity contribution in [1.82, 2.24) is 0 Å². The summed E-state index contributed by atoms with van der Waals surface area (Å²) in [6, 6.07) is 10.6. The van der Waals surface area contributed by atoms with Crippen LogP contribution in [0.4, 0.5) is 18.9 Å². The molecule has 0 spiro atoms. The molecule has 1 heterocycles. The zero-order valence-electron chi connectivity index (χ0n) is 19.8. The highest BCUT2D eigenvalue weighted by molar-refractivity contribution is 6.34. The summed E-state index contributed by atoms with van der Waals surface area (Å²) >= 11 is 6.45. The van der Waals surface area contributed by atoms with E-state index < -0.39 is 36.8 Å². The van der Waals surface area contributed by atoms with Gasteiger partial charge in [-0.05, 0) is 31.0 Å². The second kappa shape index (κ2) is 10.1. The fraction of sp³-hybridized carbons (Fsp3) is 0.308. The number of benzene rings is 3. The smallest absolute Gasteiger partial charge is 0.422 e. The van der Waals surface area contributed by atoms with Gasteiger partial charge in [0.2, 0.25) is 0 Å². The molecule has 2 unspecified atom stereocenters. The number of amides is 1. The number of ether oxygens (including phenoxy) is 2. The number of aliphatic hydroxyl groups is 1. The fourth-order valence-electron chi connectivity index (χ4n) is 4.55. The molecule has 0 radical (unpaired) electrons. The fourth-order valence-corrected chi connectivity index (χ4v) is 4.83. The highest BCUT2D eigenvalue weighted by Gasteiger charge is 2.44. The van der Waals surface area contributed by atoms with Gasteiger partial charge in [-0.2, -0.15) is 13.2 Å². The number of carbonyl (C=O) groups is 2. The Bertz CT molecular complexity index is 1380. The minimum Gasteiger partial charge on any atom is -0.493 e. The minimum absolute atomic E-state index is 0.0160. The van der Waals surface area contributed by atoms with E-state index in [0.29, 0.717) is 17.4 Å². The van der Waals surface area contributed by atoms with Crippen molar-refractivity contribution in [3.63, 3.8) is 0 Å². The Morgan fingerprint density at radius 1 is 1.11 bits per heavy atom. The molecule has 37 heavy (non-hydrogen) atoms. The van der Waals surface area contributed by atoms with Gasteiger partial charge in [-0.15, -0.1) is 0 Å². The number of fused-ring (bicyclic) bond motifs is 2. The maximum Gasteiger partial charge on any atom is 0.422 e. The van der Waals surface area contributed by atoms with Gasteiger partial charge in [0.15, 0.2) is 12.8 Å². The van der Waals surface area contributed by atoms with E-state index in [-0.39, 0.29) is 45.3 Å². The highest BCUT2D eigenvalue weighted by Crippen LogP contribution is 2.51. The summed E-state index contributed by atoms with van der Waals surface area (Å²) < 4.78 is 50.2. The molecule has 3 aromatic rings. The van der Waals surface area contributed by atoms with E-state index in [4.69, 9.17) is 21.1 Å². The average molecular weight is 538 g/mol. The van der Waals surface area contributed by atoms with Gasteiger partial charge in [0.25, 0.3) is 5.91 Å². The molecule has 0 saturated carbocycles. The maximum absolute atomic E-state index is 13.7. The number of halogens is 4. The number of nitrogens with zero attached hydrogens (tertiary/aromatic N) is 1. The largest absolute Gasteiger partial charge is 0.493 e. The van der Waals surface area contributed by atoms with Crippen molar-refractivity contribution in [2.24, 2.45) is 0 Å². The summed E-state index contributed by atoms with van der Waals surface area (Å²) in [5, 5.41) is 21.3. The molecule has 3 aromatic carbocycles. The molecule has 196 valence electrons. The molecule has 0 fully saturated rings. The summed E-state index contributed by atoms with van der Waals surface area (Å²) in [7, 11) is 0. The Balaban J connectivity index is 1.91. The second-order valence-electron chi connectivity index (χ2n) is 8.39. The van der Waals surface area contributed by atoms with E-state index in [1.54, 1.807) is 32.0 Å². The van der Waals surface area contributed by atoms with E-state index in [2.05, 4.69) is 0 Å². The van der Waals surface area contributed by atoms with Crippen LogP contribution in [0.25, 0.3) is 10.8 Å².